The fraction of sp³-hybridized carbons (Fsp3) is 0.400. The zero-order chi connectivity index (χ0) is 31.0. The van der Waals surface area contributed by atoms with Crippen LogP contribution in [0.15, 0.2) is 59.2 Å². The van der Waals surface area contributed by atoms with Crippen LogP contribution in [0.25, 0.3) is 17.0 Å². The minimum absolute atomic E-state index is 0.167. The third kappa shape index (κ3) is 8.29. The summed E-state index contributed by atoms with van der Waals surface area (Å²) in [5, 5.41) is 0. The lowest BCUT2D eigenvalue weighted by molar-refractivity contribution is -0.140. The molecule has 4 rings (SSSR count). The first-order valence-electron chi connectivity index (χ1n) is 13.3. The summed E-state index contributed by atoms with van der Waals surface area (Å²) in [4.78, 5) is 17.4. The molecular weight excluding hydrogens is 560 g/mol. The van der Waals surface area contributed by atoms with Gasteiger partial charge in [-0.05, 0) is 38.7 Å². The van der Waals surface area contributed by atoms with Crippen LogP contribution >= 0.6 is 0 Å². The van der Waals surface area contributed by atoms with E-state index >= 15 is 0 Å². The minimum atomic E-state index is -4.53. The number of alkyl halides is 5. The first-order valence-corrected chi connectivity index (χ1v) is 13.3. The van der Waals surface area contributed by atoms with Crippen molar-refractivity contribution in [2.24, 2.45) is 18.0 Å². The van der Waals surface area contributed by atoms with Crippen molar-refractivity contribution in [2.45, 2.75) is 52.6 Å². The molecule has 1 aromatic carbocycles. The quantitative estimate of drug-likeness (QED) is 0.143. The molecule has 0 aliphatic heterocycles. The van der Waals surface area contributed by atoms with Crippen LogP contribution in [0.3, 0.4) is 0 Å². The molecule has 2 aromatic heterocycles. The fourth-order valence-electron chi connectivity index (χ4n) is 4.04. The van der Waals surface area contributed by atoms with Crippen LogP contribution in [0.1, 0.15) is 62.8 Å². The number of methoxy groups -OCH3 is 1. The first-order chi connectivity index (χ1) is 19.9. The van der Waals surface area contributed by atoms with Gasteiger partial charge in [-0.3, -0.25) is 4.99 Å². The standard InChI is InChI=1S/C29H31F4N5O.CH2F2/c1-6-17(2)14-34-26(20-11-12-20)25(18(3)39-5)27-35-15-22(30)23(36-27)13-19-7-9-21(10-8-19)28-37-24(16-38(28)4)29(31,32)33;2-1-3/h7-10,14-16,20H,6,11-13H2,1-5H3;1H2/b17-14+,25-18-,34-26+;. The van der Waals surface area contributed by atoms with E-state index in [0.29, 0.717) is 22.7 Å². The van der Waals surface area contributed by atoms with Crippen molar-refractivity contribution < 1.29 is 31.1 Å². The van der Waals surface area contributed by atoms with Crippen LogP contribution < -0.4 is 0 Å². The van der Waals surface area contributed by atoms with Gasteiger partial charge in [-0.1, -0.05) is 36.8 Å². The van der Waals surface area contributed by atoms with Crippen molar-refractivity contribution in [3.05, 3.63) is 82.8 Å². The summed E-state index contributed by atoms with van der Waals surface area (Å²) in [6, 6.07) is 6.78. The van der Waals surface area contributed by atoms with Crippen LogP contribution in [0.2, 0.25) is 0 Å². The van der Waals surface area contributed by atoms with E-state index < -0.39 is 24.6 Å². The van der Waals surface area contributed by atoms with Gasteiger partial charge < -0.3 is 9.30 Å². The van der Waals surface area contributed by atoms with E-state index in [4.69, 9.17) is 9.73 Å². The fourth-order valence-corrected chi connectivity index (χ4v) is 4.04. The highest BCUT2D eigenvalue weighted by Gasteiger charge is 2.35. The number of allylic oxidation sites excluding steroid dienone is 3. The van der Waals surface area contributed by atoms with Gasteiger partial charge in [0.1, 0.15) is 11.6 Å². The highest BCUT2D eigenvalue weighted by molar-refractivity contribution is 6.25. The van der Waals surface area contributed by atoms with Gasteiger partial charge in [-0.25, -0.2) is 28.1 Å². The Balaban J connectivity index is 0.00000155. The third-order valence-electron chi connectivity index (χ3n) is 6.65. The maximum Gasteiger partial charge on any atom is 0.434 e. The molecule has 0 bridgehead atoms. The highest BCUT2D eigenvalue weighted by atomic mass is 19.4. The number of halogens is 6. The Kier molecular flexibility index (Phi) is 11.1. The monoisotopic (exact) mass is 593 g/mol. The number of aliphatic imine (C=N–C) groups is 1. The summed E-state index contributed by atoms with van der Waals surface area (Å²) in [5.41, 5.74) is 3.11. The molecule has 6 nitrogen and oxygen atoms in total. The van der Waals surface area contributed by atoms with Crippen LogP contribution in [0.4, 0.5) is 26.3 Å². The molecule has 12 heteroatoms. The number of hydrogen-bond acceptors (Lipinski definition) is 5. The Labute approximate surface area is 240 Å². The molecule has 0 amide bonds. The molecule has 42 heavy (non-hydrogen) atoms. The molecule has 2 heterocycles. The Bertz CT molecular complexity index is 1450. The minimum Gasteiger partial charge on any atom is -0.501 e. The van der Waals surface area contributed by atoms with E-state index in [-0.39, 0.29) is 23.9 Å². The van der Waals surface area contributed by atoms with Gasteiger partial charge in [0.05, 0.1) is 30.3 Å². The molecule has 0 atom stereocenters. The molecular formula is C30H33F6N5O. The van der Waals surface area contributed by atoms with Crippen LogP contribution in [0, 0.1) is 11.7 Å². The van der Waals surface area contributed by atoms with Crippen molar-refractivity contribution in [3.8, 4) is 11.4 Å². The molecule has 1 saturated carbocycles. The molecule has 1 fully saturated rings. The van der Waals surface area contributed by atoms with Crippen LogP contribution in [-0.4, -0.2) is 39.3 Å². The number of aromatic nitrogens is 4. The van der Waals surface area contributed by atoms with Crippen molar-refractivity contribution in [2.75, 3.05) is 14.0 Å². The summed E-state index contributed by atoms with van der Waals surface area (Å²) in [5.74, 6) is 0.831. The van der Waals surface area contributed by atoms with Gasteiger partial charge in [0.25, 0.3) is 0 Å². The smallest absolute Gasteiger partial charge is 0.434 e. The molecule has 0 spiro atoms. The SMILES string of the molecule is CC/C(C)=C/N=C(/C(=C(\C)OC)c1ncc(F)c(Cc2ccc(-c3nc(C(F)(F)F)cn3C)cc2)n1)C1CC1.FCF. The van der Waals surface area contributed by atoms with E-state index in [1.54, 1.807) is 31.4 Å². The Morgan fingerprint density at radius 3 is 2.29 bits per heavy atom. The van der Waals surface area contributed by atoms with Crippen molar-refractivity contribution in [3.63, 3.8) is 0 Å². The lowest BCUT2D eigenvalue weighted by atomic mass is 10.0. The van der Waals surface area contributed by atoms with Gasteiger partial charge in [0.15, 0.2) is 17.3 Å². The van der Waals surface area contributed by atoms with Gasteiger partial charge in [-0.2, -0.15) is 13.2 Å². The normalized spacial score (nSPS) is 14.7. The average Bonchev–Trinajstić information content (AvgIpc) is 3.72. The summed E-state index contributed by atoms with van der Waals surface area (Å²) in [7, 11) is 3.08. The molecule has 1 aliphatic rings. The average molecular weight is 594 g/mol. The number of aryl methyl sites for hydroxylation is 1. The maximum atomic E-state index is 14.9. The van der Waals surface area contributed by atoms with Crippen molar-refractivity contribution >= 4 is 11.3 Å². The maximum absolute atomic E-state index is 14.9. The molecule has 0 saturated heterocycles. The van der Waals surface area contributed by atoms with Crippen LogP contribution in [0.5, 0.6) is 0 Å². The highest BCUT2D eigenvalue weighted by Crippen LogP contribution is 2.37. The van der Waals surface area contributed by atoms with Gasteiger partial charge in [-0.15, -0.1) is 0 Å². The summed E-state index contributed by atoms with van der Waals surface area (Å²) < 4.78 is 80.1. The third-order valence-corrected chi connectivity index (χ3v) is 6.65. The zero-order valence-electron chi connectivity index (χ0n) is 24.1. The van der Waals surface area contributed by atoms with Gasteiger partial charge >= 0.3 is 6.18 Å². The lowest BCUT2D eigenvalue weighted by Gasteiger charge is -2.14. The van der Waals surface area contributed by atoms with Crippen molar-refractivity contribution in [1.29, 1.82) is 0 Å². The van der Waals surface area contributed by atoms with E-state index in [0.717, 1.165) is 48.5 Å². The molecule has 0 radical (unpaired) electrons. The summed E-state index contributed by atoms with van der Waals surface area (Å²) in [6.07, 6.45) is 2.47. The number of imidazole rings is 1. The van der Waals surface area contributed by atoms with E-state index in [1.807, 2.05) is 20.0 Å². The zero-order valence-corrected chi connectivity index (χ0v) is 24.1. The topological polar surface area (TPSA) is 65.2 Å². The number of hydrogen-bond donors (Lipinski definition) is 0. The number of rotatable bonds is 9. The molecule has 0 N–H and O–H groups in total. The predicted molar refractivity (Wildman–Crippen MR) is 149 cm³/mol. The molecule has 0 unspecified atom stereocenters. The second-order valence-electron chi connectivity index (χ2n) is 9.77. The van der Waals surface area contributed by atoms with E-state index in [9.17, 15) is 26.3 Å². The van der Waals surface area contributed by atoms with Crippen LogP contribution in [-0.2, 0) is 24.4 Å². The lowest BCUT2D eigenvalue weighted by Crippen LogP contribution is -2.13. The van der Waals surface area contributed by atoms with Gasteiger partial charge in [0, 0.05) is 37.3 Å². The van der Waals surface area contributed by atoms with E-state index in [2.05, 4.69) is 21.9 Å². The summed E-state index contributed by atoms with van der Waals surface area (Å²) >= 11 is 0. The summed E-state index contributed by atoms with van der Waals surface area (Å²) in [6.45, 7) is 4.14. The number of ether oxygens (including phenoxy) is 1. The van der Waals surface area contributed by atoms with Crippen molar-refractivity contribution in [1.82, 2.24) is 19.5 Å². The number of benzene rings is 1. The predicted octanol–water partition coefficient (Wildman–Crippen LogP) is 8.05. The van der Waals surface area contributed by atoms with E-state index in [1.165, 1.54) is 11.6 Å². The molecule has 1 aliphatic carbocycles. The first kappa shape index (κ1) is 32.6. The molecule has 226 valence electrons. The molecule has 3 aromatic rings. The second kappa shape index (κ2) is 14.3. The second-order valence-corrected chi connectivity index (χ2v) is 9.77. The Hall–Kier alpha value is -3.96. The number of nitrogens with zero attached hydrogens (tertiary/aromatic N) is 5. The Morgan fingerprint density at radius 1 is 1.12 bits per heavy atom. The Morgan fingerprint density at radius 2 is 1.76 bits per heavy atom. The van der Waals surface area contributed by atoms with Gasteiger partial charge in [0.2, 0.25) is 6.93 Å². The largest absolute Gasteiger partial charge is 0.501 e.